The Bertz CT molecular complexity index is 1420. The third-order valence-electron chi connectivity index (χ3n) is 6.25. The molecule has 228 valence electrons. The molecule has 0 saturated heterocycles. The van der Waals surface area contributed by atoms with E-state index in [4.69, 9.17) is 14.0 Å². The van der Waals surface area contributed by atoms with Crippen LogP contribution in [0.4, 0.5) is 37.7 Å². The first-order chi connectivity index (χ1) is 21.1. The highest BCUT2D eigenvalue weighted by molar-refractivity contribution is 6.48. The molecule has 0 aliphatic heterocycles. The Hall–Kier alpha value is -4.09. The summed E-state index contributed by atoms with van der Waals surface area (Å²) in [6.07, 6.45) is -8.77. The van der Waals surface area contributed by atoms with E-state index in [-0.39, 0.29) is 13.2 Å². The summed E-state index contributed by atoms with van der Waals surface area (Å²) in [5.74, 6) is 0.528. The highest BCUT2D eigenvalue weighted by atomic mass is 19.4. The number of ether oxygens (including phenoxy) is 1. The van der Waals surface area contributed by atoms with E-state index in [0.717, 1.165) is 29.8 Å². The van der Waals surface area contributed by atoms with E-state index < -0.39 is 29.5 Å². The lowest BCUT2D eigenvalue weighted by atomic mass is 9.83. The number of hydrogen-bond donors (Lipinski definition) is 2. The lowest BCUT2D eigenvalue weighted by molar-refractivity contribution is -0.138. The minimum absolute atomic E-state index is 0.233. The first kappa shape index (κ1) is 32.8. The zero-order valence-electron chi connectivity index (χ0n) is 23.4. The Labute approximate surface area is 253 Å². The van der Waals surface area contributed by atoms with Gasteiger partial charge in [-0.05, 0) is 65.6 Å². The van der Waals surface area contributed by atoms with Gasteiger partial charge in [0.1, 0.15) is 11.8 Å². The first-order valence-corrected chi connectivity index (χ1v) is 13.6. The molecule has 0 aliphatic rings. The van der Waals surface area contributed by atoms with Crippen LogP contribution >= 0.6 is 0 Å². The Morgan fingerprint density at radius 1 is 0.591 bits per heavy atom. The van der Waals surface area contributed by atoms with Gasteiger partial charge in [0.25, 0.3) is 0 Å². The quantitative estimate of drug-likeness (QED) is 0.0868. The van der Waals surface area contributed by atoms with Crippen LogP contribution in [-0.4, -0.2) is 41.3 Å². The van der Waals surface area contributed by atoms with Crippen molar-refractivity contribution in [2.45, 2.75) is 18.4 Å². The smallest absolute Gasteiger partial charge is 0.416 e. The molecule has 5 nitrogen and oxygen atoms in total. The highest BCUT2D eigenvalue weighted by Crippen LogP contribution is 2.30. The molecule has 0 heterocycles. The van der Waals surface area contributed by atoms with Gasteiger partial charge in [0.15, 0.2) is 0 Å². The molecule has 4 aromatic carbocycles. The summed E-state index contributed by atoms with van der Waals surface area (Å²) < 4.78 is 94.2. The summed E-state index contributed by atoms with van der Waals surface area (Å²) in [4.78, 5) is 0. The molecule has 2 N–H and O–H groups in total. The lowest BCUT2D eigenvalue weighted by Gasteiger charge is -2.21. The van der Waals surface area contributed by atoms with Gasteiger partial charge in [-0.25, -0.2) is 0 Å². The van der Waals surface area contributed by atoms with Crippen molar-refractivity contribution in [1.82, 2.24) is 0 Å². The number of benzene rings is 4. The van der Waals surface area contributed by atoms with Crippen LogP contribution < -0.4 is 20.8 Å². The lowest BCUT2D eigenvalue weighted by Crippen LogP contribution is -2.26. The molecule has 0 fully saturated rings. The summed E-state index contributed by atoms with van der Waals surface area (Å²) in [5, 5.41) is 6.04. The highest BCUT2D eigenvalue weighted by Gasteiger charge is 2.30. The van der Waals surface area contributed by atoms with Crippen LogP contribution in [0.5, 0.6) is 5.75 Å². The molecule has 0 aromatic heterocycles. The molecular formula is C31H28B2F6N2O3. The summed E-state index contributed by atoms with van der Waals surface area (Å²) >= 11 is 0. The molecule has 1 atom stereocenters. The topological polar surface area (TPSA) is 51.8 Å². The summed E-state index contributed by atoms with van der Waals surface area (Å²) in [5.41, 5.74) is 1.15. The van der Waals surface area contributed by atoms with Gasteiger partial charge in [-0.1, -0.05) is 48.5 Å². The fraction of sp³-hybridized carbons (Fsp3) is 0.226. The zero-order chi connectivity index (χ0) is 31.4. The Morgan fingerprint density at radius 3 is 1.64 bits per heavy atom. The van der Waals surface area contributed by atoms with Gasteiger partial charge in [0.2, 0.25) is 0 Å². The Morgan fingerprint density at radius 2 is 1.09 bits per heavy atom. The van der Waals surface area contributed by atoms with Crippen LogP contribution in [0.25, 0.3) is 0 Å². The predicted octanol–water partition coefficient (Wildman–Crippen LogP) is 6.92. The molecule has 0 saturated carbocycles. The summed E-state index contributed by atoms with van der Waals surface area (Å²) in [6.45, 7) is 1.19. The molecule has 0 amide bonds. The van der Waals surface area contributed by atoms with Gasteiger partial charge in [0.05, 0.1) is 11.1 Å². The van der Waals surface area contributed by atoms with Gasteiger partial charge in [-0.3, -0.25) is 0 Å². The maximum atomic E-state index is 12.8. The van der Waals surface area contributed by atoms with E-state index in [1.165, 1.54) is 24.3 Å². The standard InChI is InChI=1S/C31H28B2F6N2O3/c34-30(35,36)23-10-14-25(15-11-23)40-18-20-42-32-27-8-4-5-9-28(27)44-29(22-6-2-1-3-7-22)33-43-21-19-41-26-16-12-24(13-17-26)31(37,38)39/h1-17,29,40-41H,18-21H2. The van der Waals surface area contributed by atoms with Crippen LogP contribution in [0.1, 0.15) is 22.7 Å². The van der Waals surface area contributed by atoms with Crippen molar-refractivity contribution in [2.75, 3.05) is 36.9 Å². The average Bonchev–Trinajstić information content (AvgIpc) is 3.01. The van der Waals surface area contributed by atoms with E-state index in [0.29, 0.717) is 35.7 Å². The van der Waals surface area contributed by atoms with Crippen molar-refractivity contribution >= 4 is 31.8 Å². The van der Waals surface area contributed by atoms with Gasteiger partial charge >= 0.3 is 27.3 Å². The summed E-state index contributed by atoms with van der Waals surface area (Å²) in [6, 6.07) is 25.6. The van der Waals surface area contributed by atoms with Gasteiger partial charge in [0, 0.05) is 37.7 Å². The van der Waals surface area contributed by atoms with Crippen molar-refractivity contribution in [3.05, 3.63) is 120 Å². The van der Waals surface area contributed by atoms with Crippen molar-refractivity contribution < 1.29 is 40.4 Å². The van der Waals surface area contributed by atoms with Crippen molar-refractivity contribution in [3.63, 3.8) is 0 Å². The van der Waals surface area contributed by atoms with E-state index in [2.05, 4.69) is 10.6 Å². The third-order valence-corrected chi connectivity index (χ3v) is 6.25. The minimum Gasteiger partial charge on any atom is -0.492 e. The van der Waals surface area contributed by atoms with Crippen LogP contribution in [0.2, 0.25) is 0 Å². The van der Waals surface area contributed by atoms with E-state index >= 15 is 0 Å². The second-order valence-electron chi connectivity index (χ2n) is 9.49. The van der Waals surface area contributed by atoms with Crippen LogP contribution in [0.15, 0.2) is 103 Å². The molecule has 4 aromatic rings. The van der Waals surface area contributed by atoms with Gasteiger partial charge in [-0.15, -0.1) is 0 Å². The number of halogens is 6. The fourth-order valence-corrected chi connectivity index (χ4v) is 4.01. The number of anilines is 2. The summed E-state index contributed by atoms with van der Waals surface area (Å²) in [7, 11) is 3.09. The number of hydrogen-bond acceptors (Lipinski definition) is 5. The minimum atomic E-state index is -4.39. The second kappa shape index (κ2) is 15.6. The maximum Gasteiger partial charge on any atom is 0.416 e. The Kier molecular flexibility index (Phi) is 11.6. The zero-order valence-corrected chi connectivity index (χ0v) is 23.4. The molecule has 4 rings (SSSR count). The van der Waals surface area contributed by atoms with Crippen molar-refractivity contribution in [2.24, 2.45) is 0 Å². The normalized spacial score (nSPS) is 12.3. The molecule has 2 radical (unpaired) electrons. The number of nitrogens with one attached hydrogen (secondary N) is 2. The predicted molar refractivity (Wildman–Crippen MR) is 159 cm³/mol. The number of rotatable bonds is 15. The van der Waals surface area contributed by atoms with Crippen molar-refractivity contribution in [3.8, 4) is 5.75 Å². The monoisotopic (exact) mass is 612 g/mol. The van der Waals surface area contributed by atoms with Gasteiger partial charge < -0.3 is 24.7 Å². The van der Waals surface area contributed by atoms with E-state index in [9.17, 15) is 26.3 Å². The fourth-order valence-electron chi connectivity index (χ4n) is 4.01. The van der Waals surface area contributed by atoms with Crippen LogP contribution in [-0.2, 0) is 21.7 Å². The third kappa shape index (κ3) is 10.3. The molecule has 0 bridgehead atoms. The molecule has 13 heteroatoms. The molecule has 44 heavy (non-hydrogen) atoms. The number of alkyl halides is 6. The molecular weight excluding hydrogens is 584 g/mol. The van der Waals surface area contributed by atoms with E-state index in [1.807, 2.05) is 48.5 Å². The largest absolute Gasteiger partial charge is 0.492 e. The van der Waals surface area contributed by atoms with Crippen LogP contribution in [0.3, 0.4) is 0 Å². The molecule has 1 unspecified atom stereocenters. The molecule has 0 spiro atoms. The number of para-hydroxylation sites is 1. The van der Waals surface area contributed by atoms with E-state index in [1.54, 1.807) is 21.0 Å². The Balaban J connectivity index is 1.26. The SMILES string of the molecule is FC(F)(F)c1ccc(NCCO[B]c2ccccc2OC([B]OCCNc2ccc(C(F)(F)F)cc2)c2ccccc2)cc1. The second-order valence-corrected chi connectivity index (χ2v) is 9.49. The van der Waals surface area contributed by atoms with Gasteiger partial charge in [-0.2, -0.15) is 26.3 Å². The van der Waals surface area contributed by atoms with Crippen LogP contribution in [0, 0.1) is 0 Å². The van der Waals surface area contributed by atoms with Crippen molar-refractivity contribution in [1.29, 1.82) is 0 Å². The first-order valence-electron chi connectivity index (χ1n) is 13.6. The average molecular weight is 612 g/mol. The molecule has 0 aliphatic carbocycles. The maximum absolute atomic E-state index is 12.8.